The molecule has 31 heavy (non-hydrogen) atoms. The summed E-state index contributed by atoms with van der Waals surface area (Å²) in [5.74, 6) is 1.55. The van der Waals surface area contributed by atoms with E-state index in [1.807, 2.05) is 6.07 Å². The Morgan fingerprint density at radius 2 is 1.81 bits per heavy atom. The lowest BCUT2D eigenvalue weighted by Crippen LogP contribution is -2.53. The molecule has 0 unspecified atom stereocenters. The number of carbonyl (C=O) groups is 1. The molecular formula is C22H35N3O5S. The Morgan fingerprint density at radius 1 is 1.10 bits per heavy atom. The zero-order valence-corrected chi connectivity index (χ0v) is 19.8. The summed E-state index contributed by atoms with van der Waals surface area (Å²) >= 11 is 0. The molecule has 2 heterocycles. The van der Waals surface area contributed by atoms with Crippen molar-refractivity contribution in [1.29, 1.82) is 0 Å². The van der Waals surface area contributed by atoms with Gasteiger partial charge in [0.2, 0.25) is 5.91 Å². The van der Waals surface area contributed by atoms with Gasteiger partial charge >= 0.3 is 0 Å². The van der Waals surface area contributed by atoms with Gasteiger partial charge in [-0.25, -0.2) is 0 Å². The molecule has 8 nitrogen and oxygen atoms in total. The minimum Gasteiger partial charge on any atom is -0.497 e. The highest BCUT2D eigenvalue weighted by molar-refractivity contribution is 7.86. The van der Waals surface area contributed by atoms with Crippen LogP contribution in [0.1, 0.15) is 38.7 Å². The fraction of sp³-hybridized carbons (Fsp3) is 0.682. The molecule has 3 atom stereocenters. The number of rotatable bonds is 7. The predicted octanol–water partition coefficient (Wildman–Crippen LogP) is 2.25. The van der Waals surface area contributed by atoms with Gasteiger partial charge < -0.3 is 14.8 Å². The van der Waals surface area contributed by atoms with Gasteiger partial charge in [-0.2, -0.15) is 17.0 Å². The largest absolute Gasteiger partial charge is 0.497 e. The molecule has 1 aromatic rings. The second-order valence-electron chi connectivity index (χ2n) is 8.86. The molecular weight excluding hydrogens is 418 g/mol. The minimum absolute atomic E-state index is 0.134. The quantitative estimate of drug-likeness (QED) is 0.684. The number of amides is 1. The van der Waals surface area contributed by atoms with Crippen molar-refractivity contribution >= 4 is 16.1 Å². The molecule has 9 heteroatoms. The van der Waals surface area contributed by atoms with Crippen molar-refractivity contribution in [3.8, 4) is 11.5 Å². The lowest BCUT2D eigenvalue weighted by molar-refractivity contribution is -0.126. The van der Waals surface area contributed by atoms with Crippen LogP contribution in [0.4, 0.5) is 0 Å². The first-order valence-corrected chi connectivity index (χ1v) is 12.4. The maximum absolute atomic E-state index is 13.2. The SMILES string of the molecule is COc1ccc(OC)c(CNC(=O)[C@@H]2CCCN(S(=O)(=O)N3C[C@@H](C)C[C@H](C)C3)C2)c1. The molecule has 0 bridgehead atoms. The molecule has 0 aliphatic carbocycles. The van der Waals surface area contributed by atoms with Crippen molar-refractivity contribution in [2.75, 3.05) is 40.4 Å². The lowest BCUT2D eigenvalue weighted by atomic mass is 9.94. The molecule has 1 N–H and O–H groups in total. The highest BCUT2D eigenvalue weighted by Gasteiger charge is 2.38. The average molecular weight is 454 g/mol. The molecule has 2 aliphatic heterocycles. The Hall–Kier alpha value is -1.84. The molecule has 2 saturated heterocycles. The lowest BCUT2D eigenvalue weighted by Gasteiger charge is -2.39. The Morgan fingerprint density at radius 3 is 2.45 bits per heavy atom. The highest BCUT2D eigenvalue weighted by Crippen LogP contribution is 2.28. The van der Waals surface area contributed by atoms with E-state index in [4.69, 9.17) is 9.47 Å². The highest BCUT2D eigenvalue weighted by atomic mass is 32.2. The number of methoxy groups -OCH3 is 2. The van der Waals surface area contributed by atoms with Crippen LogP contribution in [0, 0.1) is 17.8 Å². The van der Waals surface area contributed by atoms with Crippen LogP contribution in [0.5, 0.6) is 11.5 Å². The van der Waals surface area contributed by atoms with Gasteiger partial charge in [-0.3, -0.25) is 4.79 Å². The van der Waals surface area contributed by atoms with Gasteiger partial charge in [0.15, 0.2) is 0 Å². The van der Waals surface area contributed by atoms with Gasteiger partial charge in [-0.15, -0.1) is 0 Å². The number of benzene rings is 1. The van der Waals surface area contributed by atoms with Crippen molar-refractivity contribution in [3.63, 3.8) is 0 Å². The first kappa shape index (κ1) is 23.8. The number of hydrogen-bond donors (Lipinski definition) is 1. The van der Waals surface area contributed by atoms with E-state index in [-0.39, 0.29) is 18.4 Å². The molecule has 2 aliphatic rings. The average Bonchev–Trinajstić information content (AvgIpc) is 2.76. The number of nitrogens with zero attached hydrogens (tertiary/aromatic N) is 2. The van der Waals surface area contributed by atoms with Crippen LogP contribution >= 0.6 is 0 Å². The molecule has 0 saturated carbocycles. The van der Waals surface area contributed by atoms with E-state index in [9.17, 15) is 13.2 Å². The van der Waals surface area contributed by atoms with E-state index in [2.05, 4.69) is 19.2 Å². The number of carbonyl (C=O) groups excluding carboxylic acids is 1. The molecule has 0 spiro atoms. The van der Waals surface area contributed by atoms with Crippen LogP contribution in [0.3, 0.4) is 0 Å². The second-order valence-corrected chi connectivity index (χ2v) is 10.8. The van der Waals surface area contributed by atoms with Crippen molar-refractivity contribution in [2.45, 2.75) is 39.7 Å². The monoisotopic (exact) mass is 453 g/mol. The van der Waals surface area contributed by atoms with Gasteiger partial charge in [-0.1, -0.05) is 13.8 Å². The van der Waals surface area contributed by atoms with E-state index >= 15 is 0 Å². The third-order valence-corrected chi connectivity index (χ3v) is 8.12. The third-order valence-electron chi connectivity index (χ3n) is 6.18. The Bertz CT molecular complexity index is 866. The van der Waals surface area contributed by atoms with Crippen molar-refractivity contribution in [1.82, 2.24) is 13.9 Å². The van der Waals surface area contributed by atoms with E-state index in [1.54, 1.807) is 30.7 Å². The van der Waals surface area contributed by atoms with Crippen LogP contribution < -0.4 is 14.8 Å². The van der Waals surface area contributed by atoms with Crippen molar-refractivity contribution < 1.29 is 22.7 Å². The zero-order valence-electron chi connectivity index (χ0n) is 19.0. The van der Waals surface area contributed by atoms with Crippen LogP contribution in [-0.2, 0) is 21.5 Å². The normalized spacial score (nSPS) is 25.7. The number of nitrogens with one attached hydrogen (secondary N) is 1. The summed E-state index contributed by atoms with van der Waals surface area (Å²) in [4.78, 5) is 12.9. The van der Waals surface area contributed by atoms with E-state index in [0.717, 1.165) is 12.0 Å². The Balaban J connectivity index is 1.63. The maximum atomic E-state index is 13.2. The van der Waals surface area contributed by atoms with Crippen LogP contribution in [0.2, 0.25) is 0 Å². The van der Waals surface area contributed by atoms with Gasteiger partial charge in [0.1, 0.15) is 11.5 Å². The Kier molecular flexibility index (Phi) is 7.82. The van der Waals surface area contributed by atoms with Gasteiger partial charge in [0.05, 0.1) is 20.1 Å². The second kappa shape index (κ2) is 10.2. The fourth-order valence-corrected chi connectivity index (χ4v) is 6.61. The van der Waals surface area contributed by atoms with Crippen molar-refractivity contribution in [2.24, 2.45) is 17.8 Å². The van der Waals surface area contributed by atoms with E-state index in [0.29, 0.717) is 62.4 Å². The molecule has 0 aromatic heterocycles. The molecule has 174 valence electrons. The maximum Gasteiger partial charge on any atom is 0.282 e. The number of ether oxygens (including phenoxy) is 2. The summed E-state index contributed by atoms with van der Waals surface area (Å²) in [5.41, 5.74) is 0.812. The smallest absolute Gasteiger partial charge is 0.282 e. The van der Waals surface area contributed by atoms with Gasteiger partial charge in [0.25, 0.3) is 10.2 Å². The molecule has 1 aromatic carbocycles. The zero-order chi connectivity index (χ0) is 22.6. The summed E-state index contributed by atoms with van der Waals surface area (Å²) in [6.07, 6.45) is 2.41. The van der Waals surface area contributed by atoms with E-state index < -0.39 is 10.2 Å². The van der Waals surface area contributed by atoms with E-state index in [1.165, 1.54) is 4.31 Å². The van der Waals surface area contributed by atoms with Gasteiger partial charge in [0, 0.05) is 38.3 Å². The molecule has 2 fully saturated rings. The van der Waals surface area contributed by atoms with Gasteiger partial charge in [-0.05, 0) is 49.3 Å². The minimum atomic E-state index is -3.55. The predicted molar refractivity (Wildman–Crippen MR) is 119 cm³/mol. The van der Waals surface area contributed by atoms with Crippen LogP contribution in [0.25, 0.3) is 0 Å². The van der Waals surface area contributed by atoms with Crippen LogP contribution in [0.15, 0.2) is 18.2 Å². The summed E-state index contributed by atoms with van der Waals surface area (Å²) in [6.45, 7) is 6.28. The summed E-state index contributed by atoms with van der Waals surface area (Å²) < 4.78 is 40.2. The summed E-state index contributed by atoms with van der Waals surface area (Å²) in [6, 6.07) is 5.43. The first-order valence-electron chi connectivity index (χ1n) is 11.0. The summed E-state index contributed by atoms with van der Waals surface area (Å²) in [5, 5.41) is 2.95. The first-order chi connectivity index (χ1) is 14.7. The molecule has 3 rings (SSSR count). The summed E-state index contributed by atoms with van der Waals surface area (Å²) in [7, 11) is -0.383. The van der Waals surface area contributed by atoms with Crippen LogP contribution in [-0.4, -0.2) is 63.3 Å². The topological polar surface area (TPSA) is 88.2 Å². The van der Waals surface area contributed by atoms with Crippen molar-refractivity contribution in [3.05, 3.63) is 23.8 Å². The standard InChI is InChI=1S/C22H35N3O5S/c1-16-10-17(2)14-25(13-16)31(27,28)24-9-5-6-18(15-24)22(26)23-12-19-11-20(29-3)7-8-21(19)30-4/h7-8,11,16-18H,5-6,9-10,12-15H2,1-4H3,(H,23,26)/t16-,17-,18+/m0/s1. The fourth-order valence-electron chi connectivity index (χ4n) is 4.67. The Labute approximate surface area is 186 Å². The number of piperidine rings is 2. The molecule has 0 radical (unpaired) electrons. The molecule has 1 amide bonds. The third kappa shape index (κ3) is 5.70. The number of hydrogen-bond acceptors (Lipinski definition) is 5.